The second-order valence-electron chi connectivity index (χ2n) is 8.35. The highest BCUT2D eigenvalue weighted by Crippen LogP contribution is 2.38. The second-order valence-corrected chi connectivity index (χ2v) is 10.6. The third-order valence-electron chi connectivity index (χ3n) is 5.66. The first-order valence-corrected chi connectivity index (χ1v) is 13.0. The van der Waals surface area contributed by atoms with Gasteiger partial charge in [-0.25, -0.2) is 13.8 Å². The smallest absolute Gasteiger partial charge is 0.271 e. The number of aryl methyl sites for hydroxylation is 1. The third kappa shape index (κ3) is 5.98. The Morgan fingerprint density at radius 1 is 1.00 bits per heavy atom. The molecular formula is C27H21ClF3N3O3S. The lowest BCUT2D eigenvalue weighted by molar-refractivity contribution is -0.137. The number of carbonyl (C=O) groups excluding carboxylic acids is 1. The number of fused-ring (bicyclic) bond motifs is 1. The molecule has 0 heterocycles. The van der Waals surface area contributed by atoms with Crippen LogP contribution in [0.1, 0.15) is 16.7 Å². The SMILES string of the molecule is Cc1ccc(S(=O)(=O)N(CC(=O)N/N=C\c2cccc3ccccc23)c2ccc(Cl)c(C(F)(F)F)c2)cc1. The van der Waals surface area contributed by atoms with Crippen LogP contribution in [0.5, 0.6) is 0 Å². The Morgan fingerprint density at radius 2 is 1.68 bits per heavy atom. The van der Waals surface area contributed by atoms with Gasteiger partial charge < -0.3 is 0 Å². The van der Waals surface area contributed by atoms with E-state index in [2.05, 4.69) is 10.5 Å². The summed E-state index contributed by atoms with van der Waals surface area (Å²) in [6.07, 6.45) is -3.43. The van der Waals surface area contributed by atoms with E-state index in [1.807, 2.05) is 36.4 Å². The zero-order chi connectivity index (χ0) is 27.5. The molecule has 11 heteroatoms. The summed E-state index contributed by atoms with van der Waals surface area (Å²) >= 11 is 5.72. The molecule has 4 rings (SSSR count). The highest BCUT2D eigenvalue weighted by Gasteiger charge is 2.35. The number of nitrogens with zero attached hydrogens (tertiary/aromatic N) is 2. The van der Waals surface area contributed by atoms with Crippen LogP contribution < -0.4 is 9.73 Å². The number of hydrogen-bond donors (Lipinski definition) is 1. The van der Waals surface area contributed by atoms with Crippen molar-refractivity contribution in [2.45, 2.75) is 18.0 Å². The van der Waals surface area contributed by atoms with Crippen LogP contribution in [0.2, 0.25) is 5.02 Å². The number of sulfonamides is 1. The molecule has 0 aromatic heterocycles. The lowest BCUT2D eigenvalue weighted by Gasteiger charge is -2.25. The normalized spacial score (nSPS) is 12.1. The second kappa shape index (κ2) is 10.8. The van der Waals surface area contributed by atoms with Crippen LogP contribution in [-0.4, -0.2) is 27.1 Å². The quantitative estimate of drug-likeness (QED) is 0.217. The van der Waals surface area contributed by atoms with Crippen LogP contribution in [-0.2, 0) is 21.0 Å². The number of nitrogens with one attached hydrogen (secondary N) is 1. The van der Waals surface area contributed by atoms with Gasteiger partial charge in [0, 0.05) is 5.56 Å². The van der Waals surface area contributed by atoms with Gasteiger partial charge in [0.1, 0.15) is 6.54 Å². The van der Waals surface area contributed by atoms with Crippen LogP contribution in [0.4, 0.5) is 18.9 Å². The summed E-state index contributed by atoms with van der Waals surface area (Å²) in [5.41, 5.74) is 2.14. The minimum Gasteiger partial charge on any atom is -0.271 e. The van der Waals surface area contributed by atoms with E-state index in [0.29, 0.717) is 15.9 Å². The Kier molecular flexibility index (Phi) is 7.75. The molecule has 0 spiro atoms. The van der Waals surface area contributed by atoms with Crippen molar-refractivity contribution in [1.29, 1.82) is 0 Å². The molecular weight excluding hydrogens is 539 g/mol. The molecule has 0 fully saturated rings. The van der Waals surface area contributed by atoms with E-state index in [1.54, 1.807) is 25.1 Å². The number of halogens is 4. The van der Waals surface area contributed by atoms with Crippen LogP contribution in [0, 0.1) is 6.92 Å². The first-order chi connectivity index (χ1) is 18.0. The molecule has 0 saturated carbocycles. The van der Waals surface area contributed by atoms with E-state index < -0.39 is 39.2 Å². The Labute approximate surface area is 222 Å². The van der Waals surface area contributed by atoms with Gasteiger partial charge in [-0.05, 0) is 48.0 Å². The van der Waals surface area contributed by atoms with Crippen molar-refractivity contribution in [3.05, 3.63) is 107 Å². The van der Waals surface area contributed by atoms with Crippen LogP contribution >= 0.6 is 11.6 Å². The van der Waals surface area contributed by atoms with Gasteiger partial charge in [0.25, 0.3) is 15.9 Å². The van der Waals surface area contributed by atoms with Gasteiger partial charge in [0.2, 0.25) is 0 Å². The number of hydrogen-bond acceptors (Lipinski definition) is 4. The van der Waals surface area contributed by atoms with Crippen molar-refractivity contribution in [3.8, 4) is 0 Å². The number of alkyl halides is 3. The zero-order valence-corrected chi connectivity index (χ0v) is 21.5. The molecule has 0 unspecified atom stereocenters. The maximum absolute atomic E-state index is 13.5. The Hall–Kier alpha value is -3.89. The zero-order valence-electron chi connectivity index (χ0n) is 19.9. The van der Waals surface area contributed by atoms with E-state index in [4.69, 9.17) is 11.6 Å². The van der Waals surface area contributed by atoms with Crippen molar-refractivity contribution in [2.75, 3.05) is 10.8 Å². The van der Waals surface area contributed by atoms with Crippen molar-refractivity contribution in [2.24, 2.45) is 5.10 Å². The average Bonchev–Trinajstić information content (AvgIpc) is 2.87. The summed E-state index contributed by atoms with van der Waals surface area (Å²) in [5.74, 6) is -0.860. The third-order valence-corrected chi connectivity index (χ3v) is 7.77. The number of amides is 1. The van der Waals surface area contributed by atoms with E-state index >= 15 is 0 Å². The minimum absolute atomic E-state index is 0.196. The Balaban J connectivity index is 1.65. The van der Waals surface area contributed by atoms with Gasteiger partial charge in [-0.1, -0.05) is 71.8 Å². The van der Waals surface area contributed by atoms with Crippen molar-refractivity contribution in [1.82, 2.24) is 5.43 Å². The molecule has 38 heavy (non-hydrogen) atoms. The van der Waals surface area contributed by atoms with Crippen molar-refractivity contribution >= 4 is 50.2 Å². The van der Waals surface area contributed by atoms with Gasteiger partial charge >= 0.3 is 6.18 Å². The summed E-state index contributed by atoms with van der Waals surface area (Å²) in [4.78, 5) is 12.6. The van der Waals surface area contributed by atoms with E-state index in [9.17, 15) is 26.4 Å². The standard InChI is InChI=1S/C27H21ClF3N3O3S/c1-18-9-12-22(13-10-18)38(36,37)34(21-11-14-25(28)24(15-21)27(29,30)31)17-26(35)33-32-16-20-7-4-6-19-5-2-3-8-23(19)20/h2-16H,17H2,1H3,(H,33,35)/b32-16-. The highest BCUT2D eigenvalue weighted by atomic mass is 35.5. The molecule has 6 nitrogen and oxygen atoms in total. The lowest BCUT2D eigenvalue weighted by atomic mass is 10.1. The molecule has 1 N–H and O–H groups in total. The molecule has 0 radical (unpaired) electrons. The number of carbonyl (C=O) groups is 1. The van der Waals surface area contributed by atoms with E-state index in [0.717, 1.165) is 28.5 Å². The maximum Gasteiger partial charge on any atom is 0.417 e. The summed E-state index contributed by atoms with van der Waals surface area (Å²) < 4.78 is 68.0. The van der Waals surface area contributed by atoms with Crippen molar-refractivity contribution in [3.63, 3.8) is 0 Å². The average molecular weight is 560 g/mol. The first kappa shape index (κ1) is 27.2. The lowest BCUT2D eigenvalue weighted by Crippen LogP contribution is -2.39. The molecule has 0 aliphatic heterocycles. The number of rotatable bonds is 7. The van der Waals surface area contributed by atoms with Gasteiger partial charge in [-0.15, -0.1) is 0 Å². The molecule has 196 valence electrons. The molecule has 1 amide bonds. The number of anilines is 1. The van der Waals surface area contributed by atoms with Gasteiger partial charge in [-0.3, -0.25) is 9.10 Å². The monoisotopic (exact) mass is 559 g/mol. The molecule has 0 aliphatic rings. The summed E-state index contributed by atoms with van der Waals surface area (Å²) in [6.45, 7) is 0.923. The van der Waals surface area contributed by atoms with Gasteiger partial charge in [0.15, 0.2) is 0 Å². The molecule has 0 bridgehead atoms. The van der Waals surface area contributed by atoms with Gasteiger partial charge in [-0.2, -0.15) is 18.3 Å². The summed E-state index contributed by atoms with van der Waals surface area (Å²) in [5, 5.41) is 5.18. The molecule has 0 atom stereocenters. The summed E-state index contributed by atoms with van der Waals surface area (Å²) in [6, 6.07) is 21.4. The Morgan fingerprint density at radius 3 is 2.39 bits per heavy atom. The van der Waals surface area contributed by atoms with E-state index in [-0.39, 0.29) is 10.6 Å². The molecule has 4 aromatic carbocycles. The van der Waals surface area contributed by atoms with Crippen LogP contribution in [0.15, 0.2) is 94.9 Å². The molecule has 0 aliphatic carbocycles. The highest BCUT2D eigenvalue weighted by molar-refractivity contribution is 7.92. The molecule has 4 aromatic rings. The van der Waals surface area contributed by atoms with Gasteiger partial charge in [0.05, 0.1) is 27.4 Å². The first-order valence-electron chi connectivity index (χ1n) is 11.2. The molecule has 0 saturated heterocycles. The van der Waals surface area contributed by atoms with Crippen molar-refractivity contribution < 1.29 is 26.4 Å². The largest absolute Gasteiger partial charge is 0.417 e. The minimum atomic E-state index is -4.84. The fourth-order valence-corrected chi connectivity index (χ4v) is 5.38. The predicted molar refractivity (Wildman–Crippen MR) is 142 cm³/mol. The number of hydrazone groups is 1. The summed E-state index contributed by atoms with van der Waals surface area (Å²) in [7, 11) is -4.44. The topological polar surface area (TPSA) is 78.8 Å². The fraction of sp³-hybridized carbons (Fsp3) is 0.111. The fourth-order valence-electron chi connectivity index (χ4n) is 3.74. The Bertz CT molecular complexity index is 1620. The predicted octanol–water partition coefficient (Wildman–Crippen LogP) is 6.17. The van der Waals surface area contributed by atoms with Crippen LogP contribution in [0.25, 0.3) is 10.8 Å². The van der Waals surface area contributed by atoms with Crippen LogP contribution in [0.3, 0.4) is 0 Å². The maximum atomic E-state index is 13.5. The van der Waals surface area contributed by atoms with E-state index in [1.165, 1.54) is 18.3 Å². The number of benzene rings is 4.